The Bertz CT molecular complexity index is 1730. The number of fused-ring (bicyclic) bond motifs is 3. The van der Waals surface area contributed by atoms with Gasteiger partial charge in [-0.25, -0.2) is 0 Å². The Labute approximate surface area is 239 Å². The van der Waals surface area contributed by atoms with Crippen LogP contribution in [-0.4, -0.2) is 38.2 Å². The summed E-state index contributed by atoms with van der Waals surface area (Å²) in [6.45, 7) is 4.09. The number of hydrogen-bond acceptors (Lipinski definition) is 5. The first kappa shape index (κ1) is 30.3. The van der Waals surface area contributed by atoms with Gasteiger partial charge in [0.05, 0.1) is 17.3 Å². The van der Waals surface area contributed by atoms with Gasteiger partial charge in [0.15, 0.2) is 12.5 Å². The Kier molecular flexibility index (Phi) is 10.9. The number of carbonyl (C=O) groups excluding carboxylic acids is 3. The molecule has 0 saturated carbocycles. The van der Waals surface area contributed by atoms with Gasteiger partial charge < -0.3 is 4.57 Å². The van der Waals surface area contributed by atoms with Crippen LogP contribution in [0.3, 0.4) is 0 Å². The van der Waals surface area contributed by atoms with Crippen LogP contribution in [0.5, 0.6) is 0 Å². The quantitative estimate of drug-likeness (QED) is 0.218. The Morgan fingerprint density at radius 3 is 2.02 bits per heavy atom. The fourth-order valence-electron chi connectivity index (χ4n) is 4.38. The molecule has 0 aliphatic rings. The van der Waals surface area contributed by atoms with Gasteiger partial charge in [-0.15, -0.1) is 0 Å². The Morgan fingerprint density at radius 2 is 1.54 bits per heavy atom. The zero-order valence-corrected chi connectivity index (χ0v) is 23.9. The number of para-hydroxylation sites is 1. The number of rotatable bonds is 3. The van der Waals surface area contributed by atoms with Crippen molar-refractivity contribution in [1.29, 1.82) is 0 Å². The minimum absolute atomic E-state index is 0.618. The second kappa shape index (κ2) is 14.8. The Morgan fingerprint density at radius 1 is 0.829 bits per heavy atom. The molecule has 0 unspecified atom stereocenters. The predicted octanol–water partition coefficient (Wildman–Crippen LogP) is 5.40. The van der Waals surface area contributed by atoms with Crippen molar-refractivity contribution in [3.63, 3.8) is 0 Å². The summed E-state index contributed by atoms with van der Waals surface area (Å²) in [4.78, 5) is 35.1. The molecule has 0 saturated heterocycles. The van der Waals surface area contributed by atoms with E-state index in [0.717, 1.165) is 35.5 Å². The minimum Gasteiger partial charge on any atom is -0.343 e. The van der Waals surface area contributed by atoms with Gasteiger partial charge in [-0.05, 0) is 55.3 Å². The molecule has 0 fully saturated rings. The maximum Gasteiger partial charge on any atom is 0.245 e. The van der Waals surface area contributed by atoms with E-state index in [1.165, 1.54) is 28.0 Å². The summed E-state index contributed by atoms with van der Waals surface area (Å²) in [5.74, 6) is 0. The molecule has 0 radical (unpaired) electrons. The maximum absolute atomic E-state index is 11.2. The lowest BCUT2D eigenvalue weighted by Gasteiger charge is -2.06. The van der Waals surface area contributed by atoms with Gasteiger partial charge >= 0.3 is 0 Å². The van der Waals surface area contributed by atoms with Crippen molar-refractivity contribution < 1.29 is 19.0 Å². The minimum atomic E-state index is 0.618. The second-order valence-corrected chi connectivity index (χ2v) is 9.27. The topological polar surface area (TPSA) is 90.7 Å². The number of pyridine rings is 2. The standard InChI is InChI=1S/C16H15NO.C7H8NO.C5H6N2O.C5H5N/c1-10-8-12(9-18)11(2)15-13-6-4-5-7-14(13)17(3)16(10)15;1-8-5-3-2-4-7(8)6-9;1-7-3-5(4-8)2-6-7;1-2-4-6-5-3-1/h4-9H,1-3H3;2-6H,1H3;2-4H,1H3;1-5H/q;+1;;. The number of carbonyl (C=O) groups is 3. The van der Waals surface area contributed by atoms with E-state index in [4.69, 9.17) is 0 Å². The normalized spacial score (nSPS) is 9.88. The predicted molar refractivity (Wildman–Crippen MR) is 161 cm³/mol. The highest BCUT2D eigenvalue weighted by atomic mass is 16.1. The zero-order valence-electron chi connectivity index (χ0n) is 23.9. The summed E-state index contributed by atoms with van der Waals surface area (Å²) in [5, 5.41) is 6.20. The van der Waals surface area contributed by atoms with Crippen LogP contribution < -0.4 is 4.57 Å². The van der Waals surface area contributed by atoms with Crippen molar-refractivity contribution in [3.05, 3.63) is 126 Å². The van der Waals surface area contributed by atoms with E-state index in [0.29, 0.717) is 11.3 Å². The van der Waals surface area contributed by atoms with Crippen molar-refractivity contribution in [1.82, 2.24) is 19.3 Å². The Hall–Kier alpha value is -5.24. The van der Waals surface area contributed by atoms with Crippen LogP contribution in [-0.2, 0) is 21.1 Å². The van der Waals surface area contributed by atoms with E-state index < -0.39 is 0 Å². The monoisotopic (exact) mass is 548 g/mol. The molecule has 0 aliphatic heterocycles. The van der Waals surface area contributed by atoms with Gasteiger partial charge in [-0.1, -0.05) is 24.3 Å². The molecule has 0 bridgehead atoms. The molecule has 6 rings (SSSR count). The summed E-state index contributed by atoms with van der Waals surface area (Å²) in [7, 11) is 5.69. The van der Waals surface area contributed by atoms with E-state index in [1.54, 1.807) is 41.0 Å². The van der Waals surface area contributed by atoms with Gasteiger partial charge in [0.1, 0.15) is 13.3 Å². The summed E-state index contributed by atoms with van der Waals surface area (Å²) in [6, 6.07) is 21.5. The van der Waals surface area contributed by atoms with E-state index in [2.05, 4.69) is 40.8 Å². The first-order valence-corrected chi connectivity index (χ1v) is 12.9. The molecule has 41 heavy (non-hydrogen) atoms. The summed E-state index contributed by atoms with van der Waals surface area (Å²) in [6.07, 6.45) is 11.1. The molecular formula is C33H34N5O3+. The van der Waals surface area contributed by atoms with Crippen molar-refractivity contribution in [3.8, 4) is 0 Å². The number of aldehydes is 3. The molecule has 6 aromatic rings. The van der Waals surface area contributed by atoms with Gasteiger partial charge in [-0.2, -0.15) is 9.67 Å². The highest BCUT2D eigenvalue weighted by Crippen LogP contribution is 2.33. The van der Waals surface area contributed by atoms with E-state index in [9.17, 15) is 14.4 Å². The maximum atomic E-state index is 11.2. The smallest absolute Gasteiger partial charge is 0.245 e. The lowest BCUT2D eigenvalue weighted by atomic mass is 9.99. The van der Waals surface area contributed by atoms with Gasteiger partial charge in [0.25, 0.3) is 0 Å². The van der Waals surface area contributed by atoms with Crippen LogP contribution in [0.4, 0.5) is 0 Å². The summed E-state index contributed by atoms with van der Waals surface area (Å²) in [5.41, 5.74) is 6.75. The summed E-state index contributed by atoms with van der Waals surface area (Å²) < 4.78 is 5.57. The number of benzene rings is 2. The zero-order chi connectivity index (χ0) is 29.8. The van der Waals surface area contributed by atoms with Gasteiger partial charge in [0.2, 0.25) is 12.0 Å². The van der Waals surface area contributed by atoms with Gasteiger partial charge in [0, 0.05) is 66.7 Å². The summed E-state index contributed by atoms with van der Waals surface area (Å²) >= 11 is 0. The molecule has 0 aliphatic carbocycles. The molecule has 0 atom stereocenters. The number of aryl methyl sites for hydroxylation is 5. The molecule has 2 aromatic carbocycles. The van der Waals surface area contributed by atoms with Gasteiger partial charge in [-0.3, -0.25) is 24.0 Å². The van der Waals surface area contributed by atoms with Crippen LogP contribution in [0.25, 0.3) is 21.8 Å². The molecule has 4 heterocycles. The van der Waals surface area contributed by atoms with E-state index in [1.807, 2.05) is 68.7 Å². The van der Waals surface area contributed by atoms with Crippen molar-refractivity contribution >= 4 is 40.7 Å². The second-order valence-electron chi connectivity index (χ2n) is 9.27. The third-order valence-electron chi connectivity index (χ3n) is 6.43. The molecule has 8 heteroatoms. The SMILES string of the molecule is C[n+]1ccccc1C=O.Cc1c(C=O)cc(C)c2c1c1ccccc1n2C.Cn1cc(C=O)cn1.c1ccncc1. The fourth-order valence-corrected chi connectivity index (χ4v) is 4.38. The largest absolute Gasteiger partial charge is 0.343 e. The van der Waals surface area contributed by atoms with Crippen molar-refractivity contribution in [2.45, 2.75) is 13.8 Å². The van der Waals surface area contributed by atoms with Crippen LogP contribution in [0, 0.1) is 13.8 Å². The number of aromatic nitrogens is 5. The average Bonchev–Trinajstić information content (AvgIpc) is 3.58. The Balaban J connectivity index is 0.000000168. The lowest BCUT2D eigenvalue weighted by Crippen LogP contribution is -2.32. The molecule has 208 valence electrons. The molecular weight excluding hydrogens is 514 g/mol. The van der Waals surface area contributed by atoms with Crippen LogP contribution in [0.15, 0.2) is 97.7 Å². The molecule has 0 N–H and O–H groups in total. The fraction of sp³-hybridized carbons (Fsp3) is 0.152. The highest BCUT2D eigenvalue weighted by molar-refractivity contribution is 6.12. The third-order valence-corrected chi connectivity index (χ3v) is 6.43. The molecule has 0 spiro atoms. The van der Waals surface area contributed by atoms with Crippen molar-refractivity contribution in [2.24, 2.45) is 21.1 Å². The molecule has 0 amide bonds. The third kappa shape index (κ3) is 7.67. The van der Waals surface area contributed by atoms with Crippen LogP contribution in [0.1, 0.15) is 42.3 Å². The lowest BCUT2D eigenvalue weighted by molar-refractivity contribution is -0.672. The molecule has 8 nitrogen and oxygen atoms in total. The average molecular weight is 549 g/mol. The van der Waals surface area contributed by atoms with Crippen LogP contribution in [0.2, 0.25) is 0 Å². The first-order chi connectivity index (χ1) is 19.8. The highest BCUT2D eigenvalue weighted by Gasteiger charge is 2.14. The number of nitrogens with zero attached hydrogens (tertiary/aromatic N) is 5. The molecule has 4 aromatic heterocycles. The number of hydrogen-bond donors (Lipinski definition) is 0. The van der Waals surface area contributed by atoms with E-state index >= 15 is 0 Å². The van der Waals surface area contributed by atoms with Crippen molar-refractivity contribution in [2.75, 3.05) is 0 Å². The van der Waals surface area contributed by atoms with E-state index in [-0.39, 0.29) is 0 Å². The first-order valence-electron chi connectivity index (χ1n) is 12.9. The van der Waals surface area contributed by atoms with Crippen LogP contribution >= 0.6 is 0 Å².